The van der Waals surface area contributed by atoms with E-state index >= 15 is 0 Å². The number of carbonyl (C=O) groups excluding carboxylic acids is 1. The van der Waals surface area contributed by atoms with Crippen molar-refractivity contribution in [3.8, 4) is 22.6 Å². The number of aromatic nitrogens is 2. The van der Waals surface area contributed by atoms with Gasteiger partial charge in [-0.25, -0.2) is 4.98 Å². The first-order chi connectivity index (χ1) is 16.0. The summed E-state index contributed by atoms with van der Waals surface area (Å²) in [5, 5.41) is 3.44. The molecule has 0 radical (unpaired) electrons. The van der Waals surface area contributed by atoms with Crippen LogP contribution in [0.5, 0.6) is 11.5 Å². The summed E-state index contributed by atoms with van der Waals surface area (Å²) in [5.41, 5.74) is 2.65. The summed E-state index contributed by atoms with van der Waals surface area (Å²) in [7, 11) is 3.18. The number of nitrogens with one attached hydrogen (secondary N) is 1. The van der Waals surface area contributed by atoms with E-state index in [0.29, 0.717) is 34.7 Å². The van der Waals surface area contributed by atoms with Gasteiger partial charge in [-0.05, 0) is 36.6 Å². The lowest BCUT2D eigenvalue weighted by Gasteiger charge is -2.10. The molecule has 0 unspecified atom stereocenters. The van der Waals surface area contributed by atoms with Crippen molar-refractivity contribution < 1.29 is 14.3 Å². The molecule has 8 heteroatoms. The van der Waals surface area contributed by atoms with E-state index in [2.05, 4.69) is 10.3 Å². The minimum atomic E-state index is -0.244. The first-order valence-corrected chi connectivity index (χ1v) is 11.3. The van der Waals surface area contributed by atoms with Crippen LogP contribution in [0, 0.1) is 6.92 Å². The molecule has 170 valence electrons. The molecule has 2 heterocycles. The largest absolute Gasteiger partial charge is 0.493 e. The van der Waals surface area contributed by atoms with Crippen LogP contribution in [-0.4, -0.2) is 36.2 Å². The van der Waals surface area contributed by atoms with Crippen molar-refractivity contribution in [1.82, 2.24) is 14.9 Å². The summed E-state index contributed by atoms with van der Waals surface area (Å²) >= 11 is 1.49. The predicted molar refractivity (Wildman–Crippen MR) is 130 cm³/mol. The van der Waals surface area contributed by atoms with Gasteiger partial charge in [0.2, 0.25) is 5.91 Å². The fourth-order valence-corrected chi connectivity index (χ4v) is 4.80. The maximum absolute atomic E-state index is 13.2. The van der Waals surface area contributed by atoms with E-state index in [0.717, 1.165) is 21.6 Å². The zero-order chi connectivity index (χ0) is 23.4. The van der Waals surface area contributed by atoms with Crippen LogP contribution < -0.4 is 20.3 Å². The Morgan fingerprint density at radius 1 is 1.09 bits per heavy atom. The lowest BCUT2D eigenvalue weighted by molar-refractivity contribution is -0.121. The van der Waals surface area contributed by atoms with Gasteiger partial charge in [-0.2, -0.15) is 0 Å². The van der Waals surface area contributed by atoms with Crippen molar-refractivity contribution >= 4 is 27.5 Å². The Labute approximate surface area is 195 Å². The minimum Gasteiger partial charge on any atom is -0.493 e. The van der Waals surface area contributed by atoms with Gasteiger partial charge in [-0.1, -0.05) is 36.4 Å². The zero-order valence-corrected chi connectivity index (χ0v) is 19.6. The second kappa shape index (κ2) is 9.87. The molecule has 7 nitrogen and oxygen atoms in total. The first-order valence-electron chi connectivity index (χ1n) is 10.5. The Morgan fingerprint density at radius 3 is 2.58 bits per heavy atom. The molecule has 4 aromatic rings. The van der Waals surface area contributed by atoms with Crippen LogP contribution in [0.25, 0.3) is 21.3 Å². The number of nitrogens with zero attached hydrogens (tertiary/aromatic N) is 2. The summed E-state index contributed by atoms with van der Waals surface area (Å²) in [4.78, 5) is 31.9. The minimum absolute atomic E-state index is 0.0865. The van der Waals surface area contributed by atoms with E-state index in [1.54, 1.807) is 14.2 Å². The monoisotopic (exact) mass is 463 g/mol. The molecular formula is C25H25N3O4S. The molecule has 0 saturated heterocycles. The van der Waals surface area contributed by atoms with Crippen molar-refractivity contribution in [3.63, 3.8) is 0 Å². The maximum atomic E-state index is 13.2. The van der Waals surface area contributed by atoms with E-state index in [1.807, 2.05) is 55.5 Å². The Hall–Kier alpha value is -3.65. The van der Waals surface area contributed by atoms with Crippen LogP contribution in [0.4, 0.5) is 0 Å². The molecule has 0 atom stereocenters. The van der Waals surface area contributed by atoms with Crippen LogP contribution in [0.15, 0.2) is 59.7 Å². The van der Waals surface area contributed by atoms with Crippen LogP contribution in [0.1, 0.15) is 10.4 Å². The van der Waals surface area contributed by atoms with Gasteiger partial charge in [0.1, 0.15) is 11.4 Å². The molecule has 0 aliphatic carbocycles. The SMILES string of the molecule is COc1ccc(CCNC(=O)Cn2cnc3sc(C)c(-c4ccccc4)c3c2=O)cc1OC. The summed E-state index contributed by atoms with van der Waals surface area (Å²) < 4.78 is 11.9. The smallest absolute Gasteiger partial charge is 0.263 e. The molecule has 0 aliphatic heterocycles. The zero-order valence-electron chi connectivity index (χ0n) is 18.8. The molecule has 0 fully saturated rings. The second-order valence-corrected chi connectivity index (χ2v) is 8.75. The van der Waals surface area contributed by atoms with Gasteiger partial charge in [-0.3, -0.25) is 14.2 Å². The highest BCUT2D eigenvalue weighted by Crippen LogP contribution is 2.35. The fourth-order valence-electron chi connectivity index (χ4n) is 3.80. The third kappa shape index (κ3) is 4.75. The lowest BCUT2D eigenvalue weighted by Crippen LogP contribution is -2.33. The number of benzene rings is 2. The number of carbonyl (C=O) groups is 1. The molecule has 2 aromatic heterocycles. The van der Waals surface area contributed by atoms with E-state index in [1.165, 1.54) is 22.2 Å². The van der Waals surface area contributed by atoms with Crippen molar-refractivity contribution in [2.75, 3.05) is 20.8 Å². The van der Waals surface area contributed by atoms with E-state index in [4.69, 9.17) is 9.47 Å². The fraction of sp³-hybridized carbons (Fsp3) is 0.240. The van der Waals surface area contributed by atoms with Gasteiger partial charge in [-0.15, -0.1) is 11.3 Å². The van der Waals surface area contributed by atoms with Gasteiger partial charge in [0, 0.05) is 17.0 Å². The van der Waals surface area contributed by atoms with Crippen LogP contribution >= 0.6 is 11.3 Å². The number of hydrogen-bond donors (Lipinski definition) is 1. The molecular weight excluding hydrogens is 438 g/mol. The van der Waals surface area contributed by atoms with Gasteiger partial charge < -0.3 is 14.8 Å². The van der Waals surface area contributed by atoms with Gasteiger partial charge in [0.25, 0.3) is 5.56 Å². The quantitative estimate of drug-likeness (QED) is 0.430. The Bertz CT molecular complexity index is 1350. The summed E-state index contributed by atoms with van der Waals surface area (Å²) in [5.74, 6) is 1.06. The normalized spacial score (nSPS) is 10.9. The number of hydrogen-bond acceptors (Lipinski definition) is 6. The number of methoxy groups -OCH3 is 2. The van der Waals surface area contributed by atoms with Crippen LogP contribution in [-0.2, 0) is 17.8 Å². The lowest BCUT2D eigenvalue weighted by atomic mass is 10.0. The molecule has 0 spiro atoms. The topological polar surface area (TPSA) is 82.5 Å². The highest BCUT2D eigenvalue weighted by Gasteiger charge is 2.17. The highest BCUT2D eigenvalue weighted by atomic mass is 32.1. The summed E-state index contributed by atoms with van der Waals surface area (Å²) in [6.45, 7) is 2.34. The molecule has 1 amide bonds. The molecule has 1 N–H and O–H groups in total. The van der Waals surface area contributed by atoms with Crippen molar-refractivity contribution in [2.45, 2.75) is 19.9 Å². The number of thiophene rings is 1. The Balaban J connectivity index is 1.47. The molecule has 4 rings (SSSR count). The number of aryl methyl sites for hydroxylation is 1. The van der Waals surface area contributed by atoms with Crippen LogP contribution in [0.2, 0.25) is 0 Å². The number of rotatable bonds is 8. The van der Waals surface area contributed by atoms with Crippen molar-refractivity contribution in [3.05, 3.63) is 75.7 Å². The van der Waals surface area contributed by atoms with E-state index in [9.17, 15) is 9.59 Å². The van der Waals surface area contributed by atoms with Crippen molar-refractivity contribution in [2.24, 2.45) is 0 Å². The van der Waals surface area contributed by atoms with Gasteiger partial charge in [0.05, 0.1) is 25.9 Å². The number of amides is 1. The third-order valence-corrected chi connectivity index (χ3v) is 6.43. The summed E-state index contributed by atoms with van der Waals surface area (Å²) in [6.07, 6.45) is 2.07. The van der Waals surface area contributed by atoms with Crippen molar-refractivity contribution in [1.29, 1.82) is 0 Å². The molecule has 0 aliphatic rings. The third-order valence-electron chi connectivity index (χ3n) is 5.42. The standard InChI is InChI=1S/C25H25N3O4S/c1-16-22(18-7-5-4-6-8-18)23-24(33-16)27-15-28(25(23)30)14-21(29)26-12-11-17-9-10-19(31-2)20(13-17)32-3/h4-10,13,15H,11-12,14H2,1-3H3,(H,26,29). The Morgan fingerprint density at radius 2 is 1.85 bits per heavy atom. The Kier molecular flexibility index (Phi) is 6.74. The highest BCUT2D eigenvalue weighted by molar-refractivity contribution is 7.19. The predicted octanol–water partition coefficient (Wildman–Crippen LogP) is 3.81. The molecule has 0 saturated carbocycles. The van der Waals surface area contributed by atoms with Gasteiger partial charge in [0.15, 0.2) is 11.5 Å². The average molecular weight is 464 g/mol. The average Bonchev–Trinajstić information content (AvgIpc) is 3.18. The van der Waals surface area contributed by atoms with Gasteiger partial charge >= 0.3 is 0 Å². The molecule has 2 aromatic carbocycles. The molecule has 0 bridgehead atoms. The summed E-state index contributed by atoms with van der Waals surface area (Å²) in [6, 6.07) is 15.4. The van der Waals surface area contributed by atoms with Crippen LogP contribution in [0.3, 0.4) is 0 Å². The van der Waals surface area contributed by atoms with E-state index < -0.39 is 0 Å². The number of fused-ring (bicyclic) bond motifs is 1. The first kappa shape index (κ1) is 22.5. The molecule has 33 heavy (non-hydrogen) atoms. The number of ether oxygens (including phenoxy) is 2. The maximum Gasteiger partial charge on any atom is 0.263 e. The van der Waals surface area contributed by atoms with E-state index in [-0.39, 0.29) is 18.0 Å². The second-order valence-electron chi connectivity index (χ2n) is 7.55.